The van der Waals surface area contributed by atoms with Gasteiger partial charge in [0.1, 0.15) is 5.69 Å². The quantitative estimate of drug-likeness (QED) is 0.124. The SMILES string of the molecule is Cc1ccccc1-c1ccc(NC(C)C)c(Nc2ccccc2)n1.Cc1ccccc1-c1ccc2c(n1)n(-c1ccccc1)c[n+]2C(C)C.[I-]. The van der Waals surface area contributed by atoms with Crippen LogP contribution in [0.25, 0.3) is 39.4 Å². The first-order chi connectivity index (χ1) is 23.8. The summed E-state index contributed by atoms with van der Waals surface area (Å²) < 4.78 is 4.45. The molecule has 7 aromatic rings. The number of pyridine rings is 2. The maximum atomic E-state index is 5.03. The van der Waals surface area contributed by atoms with E-state index >= 15 is 0 Å². The third-order valence-electron chi connectivity index (χ3n) is 8.41. The van der Waals surface area contributed by atoms with Crippen LogP contribution in [0.2, 0.25) is 0 Å². The zero-order valence-electron chi connectivity index (χ0n) is 29.6. The second-order valence-electron chi connectivity index (χ2n) is 12.9. The van der Waals surface area contributed by atoms with E-state index in [1.54, 1.807) is 0 Å². The van der Waals surface area contributed by atoms with Crippen LogP contribution in [0.15, 0.2) is 140 Å². The summed E-state index contributed by atoms with van der Waals surface area (Å²) in [5, 5.41) is 6.90. The van der Waals surface area contributed by atoms with Crippen LogP contribution in [0.3, 0.4) is 0 Å². The lowest BCUT2D eigenvalue weighted by atomic mass is 10.1. The van der Waals surface area contributed by atoms with Gasteiger partial charge in [0.05, 0.1) is 23.1 Å². The Kier molecular flexibility index (Phi) is 12.0. The summed E-state index contributed by atoms with van der Waals surface area (Å²) in [7, 11) is 0. The Hall–Kier alpha value is -5.02. The number of imidazole rings is 1. The van der Waals surface area contributed by atoms with Crippen LogP contribution >= 0.6 is 0 Å². The van der Waals surface area contributed by atoms with E-state index in [1.807, 2.05) is 36.4 Å². The average molecular weight is 773 g/mol. The van der Waals surface area contributed by atoms with Crippen LogP contribution in [0.5, 0.6) is 0 Å². The maximum absolute atomic E-state index is 5.03. The van der Waals surface area contributed by atoms with Crippen molar-refractivity contribution in [2.75, 3.05) is 10.6 Å². The topological polar surface area (TPSA) is 58.7 Å². The smallest absolute Gasteiger partial charge is 0.274 e. The molecule has 0 atom stereocenters. The van der Waals surface area contributed by atoms with Gasteiger partial charge in [-0.2, -0.15) is 4.57 Å². The molecule has 4 aromatic carbocycles. The highest BCUT2D eigenvalue weighted by molar-refractivity contribution is 5.77. The fourth-order valence-corrected chi connectivity index (χ4v) is 5.91. The third-order valence-corrected chi connectivity index (χ3v) is 8.41. The van der Waals surface area contributed by atoms with E-state index in [-0.39, 0.29) is 24.0 Å². The van der Waals surface area contributed by atoms with Crippen molar-refractivity contribution in [1.29, 1.82) is 0 Å². The van der Waals surface area contributed by atoms with Crippen molar-refractivity contribution in [3.05, 3.63) is 151 Å². The first-order valence-corrected chi connectivity index (χ1v) is 17.0. The number of halogens is 1. The predicted octanol–water partition coefficient (Wildman–Crippen LogP) is 7.49. The van der Waals surface area contributed by atoms with Crippen LogP contribution in [0, 0.1) is 13.8 Å². The fraction of sp³-hybridized carbons (Fsp3) is 0.186. The minimum Gasteiger partial charge on any atom is -1.00 e. The molecule has 0 radical (unpaired) electrons. The molecule has 0 spiro atoms. The summed E-state index contributed by atoms with van der Waals surface area (Å²) in [6.07, 6.45) is 2.15. The molecule has 7 rings (SSSR count). The van der Waals surface area contributed by atoms with Crippen molar-refractivity contribution < 1.29 is 28.5 Å². The minimum atomic E-state index is 0. The second kappa shape index (κ2) is 16.6. The summed E-state index contributed by atoms with van der Waals surface area (Å²) >= 11 is 0. The number of aryl methyl sites for hydroxylation is 2. The van der Waals surface area contributed by atoms with Gasteiger partial charge < -0.3 is 34.6 Å². The number of nitrogens with one attached hydrogen (secondary N) is 2. The number of fused-ring (bicyclic) bond motifs is 1. The van der Waals surface area contributed by atoms with Crippen LogP contribution in [0.1, 0.15) is 44.9 Å². The van der Waals surface area contributed by atoms with Crippen LogP contribution in [-0.4, -0.2) is 20.6 Å². The molecule has 0 aliphatic rings. The highest BCUT2D eigenvalue weighted by Crippen LogP contribution is 2.30. The zero-order chi connectivity index (χ0) is 34.3. The van der Waals surface area contributed by atoms with Gasteiger partial charge in [0, 0.05) is 22.9 Å². The number of nitrogens with zero attached hydrogens (tertiary/aromatic N) is 4. The summed E-state index contributed by atoms with van der Waals surface area (Å²) in [6.45, 7) is 12.9. The van der Waals surface area contributed by atoms with Gasteiger partial charge in [0.15, 0.2) is 11.3 Å². The molecule has 3 aromatic heterocycles. The normalized spacial score (nSPS) is 10.8. The Labute approximate surface area is 313 Å². The van der Waals surface area contributed by atoms with E-state index in [9.17, 15) is 0 Å². The molecule has 6 nitrogen and oxygen atoms in total. The van der Waals surface area contributed by atoms with Gasteiger partial charge in [-0.05, 0) is 101 Å². The van der Waals surface area contributed by atoms with Crippen molar-refractivity contribution in [2.24, 2.45) is 0 Å². The molecule has 3 heterocycles. The molecule has 7 heteroatoms. The highest BCUT2D eigenvalue weighted by Gasteiger charge is 2.21. The van der Waals surface area contributed by atoms with Crippen LogP contribution in [0.4, 0.5) is 17.2 Å². The number of rotatable bonds is 8. The number of anilines is 3. The van der Waals surface area contributed by atoms with Crippen LogP contribution in [-0.2, 0) is 0 Å². The zero-order valence-corrected chi connectivity index (χ0v) is 31.8. The Morgan fingerprint density at radius 1 is 0.600 bits per heavy atom. The largest absolute Gasteiger partial charge is 1.00 e. The Bertz CT molecular complexity index is 2160. The van der Waals surface area contributed by atoms with Gasteiger partial charge in [-0.15, -0.1) is 0 Å². The minimum absolute atomic E-state index is 0. The van der Waals surface area contributed by atoms with Crippen molar-refractivity contribution in [1.82, 2.24) is 14.5 Å². The number of hydrogen-bond donors (Lipinski definition) is 2. The van der Waals surface area contributed by atoms with Crippen LogP contribution < -0.4 is 39.2 Å². The second-order valence-corrected chi connectivity index (χ2v) is 12.9. The van der Waals surface area contributed by atoms with Gasteiger partial charge in [0.25, 0.3) is 12.0 Å². The van der Waals surface area contributed by atoms with Gasteiger partial charge in [-0.25, -0.2) is 14.5 Å². The van der Waals surface area contributed by atoms with E-state index in [0.717, 1.165) is 51.0 Å². The van der Waals surface area contributed by atoms with E-state index in [2.05, 4.69) is 165 Å². The van der Waals surface area contributed by atoms with E-state index in [0.29, 0.717) is 12.1 Å². The molecule has 0 amide bonds. The van der Waals surface area contributed by atoms with Gasteiger partial charge in [0.2, 0.25) is 0 Å². The van der Waals surface area contributed by atoms with Crippen molar-refractivity contribution >= 4 is 28.4 Å². The van der Waals surface area contributed by atoms with Crippen molar-refractivity contribution in [3.63, 3.8) is 0 Å². The highest BCUT2D eigenvalue weighted by atomic mass is 127. The molecule has 50 heavy (non-hydrogen) atoms. The summed E-state index contributed by atoms with van der Waals surface area (Å²) in [5.41, 5.74) is 12.1. The lowest BCUT2D eigenvalue weighted by Crippen LogP contribution is -3.00. The molecule has 0 aliphatic carbocycles. The molecule has 0 aliphatic heterocycles. The number of hydrogen-bond acceptors (Lipinski definition) is 4. The van der Waals surface area contributed by atoms with Gasteiger partial charge in [-0.3, -0.25) is 0 Å². The van der Waals surface area contributed by atoms with Crippen molar-refractivity contribution in [2.45, 2.75) is 53.6 Å². The van der Waals surface area contributed by atoms with E-state index in [1.165, 1.54) is 16.7 Å². The van der Waals surface area contributed by atoms with Gasteiger partial charge in [-0.1, -0.05) is 84.9 Å². The molecular formula is C43H45IN6. The first-order valence-electron chi connectivity index (χ1n) is 17.0. The molecule has 2 N–H and O–H groups in total. The summed E-state index contributed by atoms with van der Waals surface area (Å²) in [6, 6.07) is 46.4. The molecule has 0 unspecified atom stereocenters. The molecule has 0 saturated heterocycles. The predicted molar refractivity (Wildman–Crippen MR) is 205 cm³/mol. The maximum Gasteiger partial charge on any atom is 0.274 e. The number of aromatic nitrogens is 4. The Morgan fingerprint density at radius 3 is 1.72 bits per heavy atom. The summed E-state index contributed by atoms with van der Waals surface area (Å²) in [4.78, 5) is 9.91. The standard InChI is InChI=1S/C22H22N3.C21H23N3.HI/c1-16(2)24-15-25(18-10-5-4-6-11-18)22-21(24)14-13-20(23-22)19-12-8-7-9-17(19)3;1-15(2)22-20-14-13-19(18-12-8-7-9-16(18)3)24-21(20)23-17-10-5-4-6-11-17;/h4-16H,1-3H3;4-15,22H,1-3H3,(H,23,24);1H/q+1;;/p-1. The lowest BCUT2D eigenvalue weighted by Gasteiger charge is -2.17. The van der Waals surface area contributed by atoms with E-state index in [4.69, 9.17) is 9.97 Å². The monoisotopic (exact) mass is 772 g/mol. The molecule has 254 valence electrons. The number of para-hydroxylation sites is 2. The van der Waals surface area contributed by atoms with E-state index < -0.39 is 0 Å². The molecular weight excluding hydrogens is 727 g/mol. The third kappa shape index (κ3) is 8.40. The van der Waals surface area contributed by atoms with Crippen molar-refractivity contribution in [3.8, 4) is 28.2 Å². The Balaban J connectivity index is 0.000000191. The van der Waals surface area contributed by atoms with Gasteiger partial charge >= 0.3 is 0 Å². The fourth-order valence-electron chi connectivity index (χ4n) is 5.91. The average Bonchev–Trinajstić information content (AvgIpc) is 3.50. The molecule has 0 saturated carbocycles. The Morgan fingerprint density at radius 2 is 1.14 bits per heavy atom. The molecule has 0 bridgehead atoms. The first kappa shape index (κ1) is 36.3. The number of benzene rings is 4. The summed E-state index contributed by atoms with van der Waals surface area (Å²) in [5.74, 6) is 0.843. The lowest BCUT2D eigenvalue weighted by molar-refractivity contribution is -0.691. The molecule has 0 fully saturated rings.